The molecule has 0 aliphatic rings. The molecule has 0 saturated carbocycles. The molecule has 0 aromatic carbocycles. The van der Waals surface area contributed by atoms with Crippen molar-refractivity contribution in [2.75, 3.05) is 0 Å². The van der Waals surface area contributed by atoms with Gasteiger partial charge in [0.2, 0.25) is 0 Å². The third kappa shape index (κ3) is 5.10. The van der Waals surface area contributed by atoms with E-state index in [1.807, 2.05) is 6.92 Å². The van der Waals surface area contributed by atoms with Crippen molar-refractivity contribution in [1.82, 2.24) is 0 Å². The van der Waals surface area contributed by atoms with Gasteiger partial charge in [-0.25, -0.2) is 0 Å². The number of carbonyl (C=O) groups excluding carboxylic acids is 1. The Kier molecular flexibility index (Phi) is 4.91. The van der Waals surface area contributed by atoms with Crippen molar-refractivity contribution in [2.45, 2.75) is 26.7 Å². The number of carbonyl (C=O) groups is 1. The highest BCUT2D eigenvalue weighted by Crippen LogP contribution is 1.90. The van der Waals surface area contributed by atoms with Crippen LogP contribution in [-0.2, 0) is 4.79 Å². The maximum absolute atomic E-state index is 10.6. The Hall–Kier alpha value is -0.770. The topological polar surface area (TPSA) is 17.1 Å². The van der Waals surface area contributed by atoms with Crippen LogP contribution in [0.3, 0.4) is 0 Å². The molecule has 0 atom stereocenters. The standard InChI is InChI=1S/C8H11O/c1-3-5-7-8(9)6-4-2/h7H,4,6H2,1-2H3. The molecule has 0 aliphatic carbocycles. The lowest BCUT2D eigenvalue weighted by Crippen LogP contribution is -1.94. The van der Waals surface area contributed by atoms with Crippen LogP contribution in [-0.4, -0.2) is 5.78 Å². The van der Waals surface area contributed by atoms with Crippen molar-refractivity contribution in [3.05, 3.63) is 6.42 Å². The summed E-state index contributed by atoms with van der Waals surface area (Å²) in [5.41, 5.74) is 0. The molecule has 0 aliphatic heterocycles. The van der Waals surface area contributed by atoms with E-state index in [9.17, 15) is 4.79 Å². The summed E-state index contributed by atoms with van der Waals surface area (Å²) in [5.74, 6) is 5.37. The molecule has 0 bridgehead atoms. The Labute approximate surface area is 56.5 Å². The third-order valence-electron chi connectivity index (χ3n) is 0.874. The maximum Gasteiger partial charge on any atom is 0.149 e. The largest absolute Gasteiger partial charge is 0.298 e. The Morgan fingerprint density at radius 2 is 2.33 bits per heavy atom. The number of ketones is 1. The Morgan fingerprint density at radius 1 is 1.67 bits per heavy atom. The minimum absolute atomic E-state index is 0.131. The summed E-state index contributed by atoms with van der Waals surface area (Å²) in [6.07, 6.45) is 2.96. The van der Waals surface area contributed by atoms with Crippen LogP contribution in [0.5, 0.6) is 0 Å². The molecule has 0 aromatic rings. The molecule has 0 spiro atoms. The van der Waals surface area contributed by atoms with Crippen LogP contribution in [0.2, 0.25) is 0 Å². The van der Waals surface area contributed by atoms with Crippen LogP contribution >= 0.6 is 0 Å². The molecule has 0 rings (SSSR count). The molecule has 0 fully saturated rings. The van der Waals surface area contributed by atoms with Gasteiger partial charge >= 0.3 is 0 Å². The van der Waals surface area contributed by atoms with Gasteiger partial charge < -0.3 is 0 Å². The van der Waals surface area contributed by atoms with Gasteiger partial charge in [-0.1, -0.05) is 12.8 Å². The van der Waals surface area contributed by atoms with Crippen molar-refractivity contribution in [1.29, 1.82) is 0 Å². The average Bonchev–Trinajstić information content (AvgIpc) is 1.85. The SMILES string of the molecule is CC#C[CH]C(=O)CCC. The quantitative estimate of drug-likeness (QED) is 0.521. The highest BCUT2D eigenvalue weighted by Gasteiger charge is 1.94. The van der Waals surface area contributed by atoms with Gasteiger partial charge in [-0.15, -0.1) is 5.92 Å². The summed E-state index contributed by atoms with van der Waals surface area (Å²) < 4.78 is 0. The van der Waals surface area contributed by atoms with Gasteiger partial charge in [0, 0.05) is 6.42 Å². The second-order valence-electron chi connectivity index (χ2n) is 1.75. The zero-order valence-electron chi connectivity index (χ0n) is 5.90. The summed E-state index contributed by atoms with van der Waals surface area (Å²) in [6, 6.07) is 0. The lowest BCUT2D eigenvalue weighted by molar-refractivity contribution is -0.115. The fourth-order valence-corrected chi connectivity index (χ4v) is 0.471. The molecule has 0 heterocycles. The molecule has 1 heteroatoms. The predicted molar refractivity (Wildman–Crippen MR) is 37.7 cm³/mol. The first kappa shape index (κ1) is 8.23. The van der Waals surface area contributed by atoms with Crippen molar-refractivity contribution in [3.8, 4) is 11.8 Å². The molecule has 0 saturated heterocycles. The predicted octanol–water partition coefficient (Wildman–Crippen LogP) is 1.58. The van der Waals surface area contributed by atoms with Crippen LogP contribution in [0.25, 0.3) is 0 Å². The number of hydrogen-bond donors (Lipinski definition) is 0. The van der Waals surface area contributed by atoms with Crippen LogP contribution in [0.1, 0.15) is 26.7 Å². The van der Waals surface area contributed by atoms with Gasteiger partial charge in [-0.2, -0.15) is 0 Å². The Balaban J connectivity index is 3.35. The summed E-state index contributed by atoms with van der Waals surface area (Å²) >= 11 is 0. The van der Waals surface area contributed by atoms with Gasteiger partial charge in [0.1, 0.15) is 5.78 Å². The highest BCUT2D eigenvalue weighted by molar-refractivity contribution is 5.90. The first-order valence-corrected chi connectivity index (χ1v) is 3.09. The average molecular weight is 123 g/mol. The zero-order valence-corrected chi connectivity index (χ0v) is 5.90. The number of Topliss-reactive ketones (excluding diaryl/α,β-unsaturated/α-hetero) is 1. The van der Waals surface area contributed by atoms with Crippen LogP contribution in [0, 0.1) is 18.3 Å². The fraction of sp³-hybridized carbons (Fsp3) is 0.500. The van der Waals surface area contributed by atoms with Crippen LogP contribution < -0.4 is 0 Å². The van der Waals surface area contributed by atoms with Crippen LogP contribution in [0.15, 0.2) is 0 Å². The second kappa shape index (κ2) is 5.37. The molecule has 1 nitrogen and oxygen atoms in total. The van der Waals surface area contributed by atoms with E-state index in [2.05, 4.69) is 11.8 Å². The van der Waals surface area contributed by atoms with E-state index in [1.54, 1.807) is 6.92 Å². The molecule has 0 aromatic heterocycles. The minimum atomic E-state index is 0.131. The van der Waals surface area contributed by atoms with E-state index in [1.165, 1.54) is 6.42 Å². The van der Waals surface area contributed by atoms with E-state index < -0.39 is 0 Å². The lowest BCUT2D eigenvalue weighted by atomic mass is 10.2. The van der Waals surface area contributed by atoms with Crippen molar-refractivity contribution in [3.63, 3.8) is 0 Å². The zero-order chi connectivity index (χ0) is 7.11. The van der Waals surface area contributed by atoms with Crippen molar-refractivity contribution < 1.29 is 4.79 Å². The molecule has 0 amide bonds. The molecule has 1 radical (unpaired) electrons. The summed E-state index contributed by atoms with van der Waals surface area (Å²) in [4.78, 5) is 10.6. The normalized spacial score (nSPS) is 7.78. The maximum atomic E-state index is 10.6. The van der Waals surface area contributed by atoms with E-state index in [4.69, 9.17) is 0 Å². The smallest absolute Gasteiger partial charge is 0.149 e. The van der Waals surface area contributed by atoms with Gasteiger partial charge in [0.05, 0.1) is 6.42 Å². The van der Waals surface area contributed by atoms with Gasteiger partial charge in [-0.3, -0.25) is 4.79 Å². The highest BCUT2D eigenvalue weighted by atomic mass is 16.1. The molecule has 49 valence electrons. The first-order chi connectivity index (χ1) is 4.31. The summed E-state index contributed by atoms with van der Waals surface area (Å²) in [5, 5.41) is 0. The first-order valence-electron chi connectivity index (χ1n) is 3.09. The summed E-state index contributed by atoms with van der Waals surface area (Å²) in [6.45, 7) is 3.70. The summed E-state index contributed by atoms with van der Waals surface area (Å²) in [7, 11) is 0. The van der Waals surface area contributed by atoms with Crippen molar-refractivity contribution >= 4 is 5.78 Å². The van der Waals surface area contributed by atoms with E-state index >= 15 is 0 Å². The monoisotopic (exact) mass is 123 g/mol. The third-order valence-corrected chi connectivity index (χ3v) is 0.874. The van der Waals surface area contributed by atoms with Crippen LogP contribution in [0.4, 0.5) is 0 Å². The second-order valence-corrected chi connectivity index (χ2v) is 1.75. The number of rotatable bonds is 3. The van der Waals surface area contributed by atoms with Gasteiger partial charge in [0.25, 0.3) is 0 Å². The van der Waals surface area contributed by atoms with Gasteiger partial charge in [0.15, 0.2) is 0 Å². The lowest BCUT2D eigenvalue weighted by Gasteiger charge is -1.86. The molecular formula is C8H11O. The minimum Gasteiger partial charge on any atom is -0.298 e. The molecule has 0 unspecified atom stereocenters. The Bertz CT molecular complexity index is 136. The molecule has 0 N–H and O–H groups in total. The number of hydrogen-bond acceptors (Lipinski definition) is 1. The van der Waals surface area contributed by atoms with Crippen molar-refractivity contribution in [2.24, 2.45) is 0 Å². The molecular weight excluding hydrogens is 112 g/mol. The molecule has 9 heavy (non-hydrogen) atoms. The fourth-order valence-electron chi connectivity index (χ4n) is 0.471. The van der Waals surface area contributed by atoms with Gasteiger partial charge in [-0.05, 0) is 13.3 Å². The van der Waals surface area contributed by atoms with E-state index in [0.717, 1.165) is 6.42 Å². The van der Waals surface area contributed by atoms with E-state index in [-0.39, 0.29) is 5.78 Å². The Morgan fingerprint density at radius 3 is 2.78 bits per heavy atom. The van der Waals surface area contributed by atoms with E-state index in [0.29, 0.717) is 6.42 Å².